The van der Waals surface area contributed by atoms with Gasteiger partial charge in [0.25, 0.3) is 0 Å². The van der Waals surface area contributed by atoms with Gasteiger partial charge in [0.05, 0.1) is 6.10 Å². The van der Waals surface area contributed by atoms with E-state index in [1.165, 1.54) is 5.56 Å². The summed E-state index contributed by atoms with van der Waals surface area (Å²) in [4.78, 5) is 33.4. The van der Waals surface area contributed by atoms with Crippen LogP contribution in [0.25, 0.3) is 11.1 Å². The van der Waals surface area contributed by atoms with Crippen LogP contribution in [0.5, 0.6) is 0 Å². The molecule has 3 unspecified atom stereocenters. The molecule has 0 saturated carbocycles. The van der Waals surface area contributed by atoms with Crippen LogP contribution >= 0.6 is 0 Å². The normalized spacial score (nSPS) is 27.4. The number of aliphatic hydroxyl groups is 1. The number of benzene rings is 1. The number of carbonyl (C=O) groups excluding carboxylic acids is 1. The van der Waals surface area contributed by atoms with Gasteiger partial charge in [0.15, 0.2) is 0 Å². The molecule has 0 spiro atoms. The van der Waals surface area contributed by atoms with Crippen molar-refractivity contribution in [3.8, 4) is 11.1 Å². The second-order valence-corrected chi connectivity index (χ2v) is 11.1. The van der Waals surface area contributed by atoms with Crippen LogP contribution < -0.4 is 15.5 Å². The minimum atomic E-state index is -0.430. The summed E-state index contributed by atoms with van der Waals surface area (Å²) in [5.74, 6) is 1.44. The van der Waals surface area contributed by atoms with Crippen LogP contribution in [0.3, 0.4) is 0 Å². The number of anilines is 3. The molecule has 3 N–H and O–H groups in total. The van der Waals surface area contributed by atoms with E-state index in [0.717, 1.165) is 61.8 Å². The fourth-order valence-electron chi connectivity index (χ4n) is 6.04. The molecular formula is C30H38N8O2. The van der Waals surface area contributed by atoms with Crippen molar-refractivity contribution in [3.05, 3.63) is 60.6 Å². The van der Waals surface area contributed by atoms with Gasteiger partial charge in [-0.25, -0.2) is 15.0 Å². The number of piperazine rings is 1. The van der Waals surface area contributed by atoms with Crippen molar-refractivity contribution in [2.75, 3.05) is 56.0 Å². The molecule has 1 amide bonds. The monoisotopic (exact) mass is 542 g/mol. The van der Waals surface area contributed by atoms with Gasteiger partial charge in [-0.3, -0.25) is 9.69 Å². The summed E-state index contributed by atoms with van der Waals surface area (Å²) in [5, 5.41) is 16.9. The van der Waals surface area contributed by atoms with Crippen molar-refractivity contribution >= 4 is 23.4 Å². The van der Waals surface area contributed by atoms with Crippen LogP contribution in [-0.4, -0.2) is 93.7 Å². The van der Waals surface area contributed by atoms with E-state index in [1.54, 1.807) is 6.20 Å². The zero-order chi connectivity index (χ0) is 27.5. The number of amides is 1. The molecule has 0 radical (unpaired) electrons. The maximum atomic E-state index is 12.6. The van der Waals surface area contributed by atoms with Gasteiger partial charge < -0.3 is 25.5 Å². The summed E-state index contributed by atoms with van der Waals surface area (Å²) in [7, 11) is 0. The van der Waals surface area contributed by atoms with E-state index in [0.29, 0.717) is 37.9 Å². The lowest BCUT2D eigenvalue weighted by Crippen LogP contribution is -2.47. The number of nitrogens with one attached hydrogen (secondary N) is 2. The molecule has 6 aliphatic rings. The molecule has 10 nitrogen and oxygen atoms in total. The molecule has 9 rings (SSSR count). The number of pyridine rings is 1. The lowest BCUT2D eigenvalue weighted by Gasteiger charge is -2.38. The third-order valence-corrected chi connectivity index (χ3v) is 8.43. The van der Waals surface area contributed by atoms with Crippen LogP contribution in [0.15, 0.2) is 55.0 Å². The Balaban J connectivity index is 1.26. The number of aromatic nitrogens is 3. The summed E-state index contributed by atoms with van der Waals surface area (Å²) in [6.07, 6.45) is 6.89. The molecular weight excluding hydrogens is 504 g/mol. The maximum absolute atomic E-state index is 12.6. The van der Waals surface area contributed by atoms with Crippen LogP contribution in [-0.2, 0) is 4.79 Å². The average Bonchev–Trinajstić information content (AvgIpc) is 3.36. The predicted molar refractivity (Wildman–Crippen MR) is 155 cm³/mol. The Bertz CT molecular complexity index is 1310. The van der Waals surface area contributed by atoms with E-state index >= 15 is 0 Å². The van der Waals surface area contributed by atoms with Crippen molar-refractivity contribution in [3.63, 3.8) is 0 Å². The first-order valence-electron chi connectivity index (χ1n) is 14.3. The molecule has 210 valence electrons. The molecule has 3 atom stereocenters. The topological polar surface area (TPSA) is 110 Å². The van der Waals surface area contributed by atoms with Crippen molar-refractivity contribution in [2.45, 2.75) is 44.4 Å². The number of hydrogen-bond donors (Lipinski definition) is 3. The molecule has 2 saturated heterocycles. The van der Waals surface area contributed by atoms with Crippen LogP contribution in [0, 0.1) is 0 Å². The lowest BCUT2D eigenvalue weighted by molar-refractivity contribution is -0.121. The zero-order valence-corrected chi connectivity index (χ0v) is 23.0. The zero-order valence-electron chi connectivity index (χ0n) is 23.0. The Hall–Kier alpha value is -3.60. The molecule has 6 aliphatic heterocycles. The van der Waals surface area contributed by atoms with Gasteiger partial charge >= 0.3 is 0 Å². The summed E-state index contributed by atoms with van der Waals surface area (Å²) in [6, 6.07) is 12.9. The van der Waals surface area contributed by atoms with Crippen LogP contribution in [0.4, 0.5) is 17.5 Å². The largest absolute Gasteiger partial charge is 0.391 e. The second-order valence-electron chi connectivity index (χ2n) is 11.1. The SMILES string of the molecule is CC1c2cccc(c2)Nc2cc(ccn2)-c2cnc(nc2)N2CC(O)CC2CCNC(=O)CCN2CCN1CC2. The number of rotatable bonds is 0. The van der Waals surface area contributed by atoms with Crippen LogP contribution in [0.2, 0.25) is 0 Å². The van der Waals surface area contributed by atoms with E-state index < -0.39 is 6.10 Å². The van der Waals surface area contributed by atoms with E-state index in [1.807, 2.05) is 24.5 Å². The Morgan fingerprint density at radius 3 is 2.62 bits per heavy atom. The Morgan fingerprint density at radius 2 is 1.80 bits per heavy atom. The second kappa shape index (κ2) is 11.9. The molecule has 0 aliphatic carbocycles. The summed E-state index contributed by atoms with van der Waals surface area (Å²) >= 11 is 0. The third kappa shape index (κ3) is 6.09. The highest BCUT2D eigenvalue weighted by Crippen LogP contribution is 2.29. The van der Waals surface area contributed by atoms with Crippen molar-refractivity contribution in [1.82, 2.24) is 30.1 Å². The van der Waals surface area contributed by atoms with Gasteiger partial charge in [0.1, 0.15) is 5.82 Å². The molecule has 8 heterocycles. The van der Waals surface area contributed by atoms with Gasteiger partial charge in [0, 0.05) is 94.2 Å². The summed E-state index contributed by atoms with van der Waals surface area (Å²) in [5.41, 5.74) is 4.13. The first kappa shape index (κ1) is 26.6. The van der Waals surface area contributed by atoms with Crippen molar-refractivity contribution < 1.29 is 9.90 Å². The Morgan fingerprint density at radius 1 is 0.975 bits per heavy atom. The Labute approximate surface area is 235 Å². The molecule has 2 fully saturated rings. The van der Waals surface area contributed by atoms with Gasteiger partial charge in [-0.05, 0) is 55.2 Å². The molecule has 8 bridgehead atoms. The van der Waals surface area contributed by atoms with E-state index in [9.17, 15) is 9.90 Å². The first-order valence-corrected chi connectivity index (χ1v) is 14.3. The molecule has 1 aromatic carbocycles. The standard InChI is InChI=1S/C30H38N8O2/c1-21-22-3-2-4-25(15-22)35-28-16-23(5-8-31-28)24-18-33-30(34-19-24)38-20-27(39)17-26(38)6-9-32-29(40)7-10-36-11-13-37(21)14-12-36/h2-5,8,15-16,18-19,21,26-27,39H,6-7,9-14,17,20H2,1H3,(H,31,35)(H,32,40). The van der Waals surface area contributed by atoms with E-state index in [2.05, 4.69) is 71.5 Å². The predicted octanol–water partition coefficient (Wildman–Crippen LogP) is 2.81. The fourth-order valence-corrected chi connectivity index (χ4v) is 6.04. The molecule has 3 aromatic rings. The summed E-state index contributed by atoms with van der Waals surface area (Å²) in [6.45, 7) is 7.97. The highest BCUT2D eigenvalue weighted by molar-refractivity contribution is 5.76. The number of carbonyl (C=O) groups is 1. The smallest absolute Gasteiger partial charge is 0.225 e. The molecule has 10 heteroatoms. The third-order valence-electron chi connectivity index (χ3n) is 8.43. The lowest BCUT2D eigenvalue weighted by atomic mass is 10.0. The van der Waals surface area contributed by atoms with Gasteiger partial charge in [-0.1, -0.05) is 12.1 Å². The van der Waals surface area contributed by atoms with Crippen LogP contribution in [0.1, 0.15) is 37.8 Å². The average molecular weight is 543 g/mol. The minimum absolute atomic E-state index is 0.0780. The van der Waals surface area contributed by atoms with Gasteiger partial charge in [-0.2, -0.15) is 0 Å². The Kier molecular flexibility index (Phi) is 7.90. The van der Waals surface area contributed by atoms with E-state index in [4.69, 9.17) is 0 Å². The van der Waals surface area contributed by atoms with Crippen molar-refractivity contribution in [2.24, 2.45) is 0 Å². The quantitative estimate of drug-likeness (QED) is 0.395. The molecule has 40 heavy (non-hydrogen) atoms. The first-order chi connectivity index (χ1) is 19.5. The minimum Gasteiger partial charge on any atom is -0.391 e. The van der Waals surface area contributed by atoms with E-state index in [-0.39, 0.29) is 11.9 Å². The number of nitrogens with zero attached hydrogens (tertiary/aromatic N) is 6. The van der Waals surface area contributed by atoms with Gasteiger partial charge in [0.2, 0.25) is 11.9 Å². The number of hydrogen-bond acceptors (Lipinski definition) is 9. The maximum Gasteiger partial charge on any atom is 0.225 e. The molecule has 2 aromatic heterocycles. The van der Waals surface area contributed by atoms with Crippen molar-refractivity contribution in [1.29, 1.82) is 0 Å². The highest BCUT2D eigenvalue weighted by atomic mass is 16.3. The highest BCUT2D eigenvalue weighted by Gasteiger charge is 2.32. The fraction of sp³-hybridized carbons (Fsp3) is 0.467. The van der Waals surface area contributed by atoms with Gasteiger partial charge in [-0.15, -0.1) is 0 Å². The number of aliphatic hydroxyl groups excluding tert-OH is 1. The summed E-state index contributed by atoms with van der Waals surface area (Å²) < 4.78 is 0.